The van der Waals surface area contributed by atoms with Gasteiger partial charge in [0.25, 0.3) is 0 Å². The molecule has 0 saturated carbocycles. The summed E-state index contributed by atoms with van der Waals surface area (Å²) in [6.07, 6.45) is 3.80. The molecule has 0 saturated heterocycles. The van der Waals surface area contributed by atoms with Crippen LogP contribution in [0.5, 0.6) is 5.88 Å². The van der Waals surface area contributed by atoms with Crippen molar-refractivity contribution in [3.05, 3.63) is 81.0 Å². The van der Waals surface area contributed by atoms with Crippen LogP contribution in [0.3, 0.4) is 0 Å². The lowest BCUT2D eigenvalue weighted by Gasteiger charge is -2.15. The van der Waals surface area contributed by atoms with Gasteiger partial charge in [-0.05, 0) is 72.4 Å². The Labute approximate surface area is 180 Å². The highest BCUT2D eigenvalue weighted by Crippen LogP contribution is 2.43. The highest BCUT2D eigenvalue weighted by atomic mass is 35.5. The fourth-order valence-corrected chi connectivity index (χ4v) is 3.92. The molecular formula is C24H18Cl2N2O. The molecule has 0 aliphatic heterocycles. The van der Waals surface area contributed by atoms with Crippen LogP contribution in [0.4, 0.5) is 0 Å². The third kappa shape index (κ3) is 3.87. The van der Waals surface area contributed by atoms with Crippen molar-refractivity contribution in [2.24, 2.45) is 0 Å². The molecule has 0 radical (unpaired) electrons. The second-order valence-electron chi connectivity index (χ2n) is 6.77. The first kappa shape index (κ1) is 19.5. The van der Waals surface area contributed by atoms with Gasteiger partial charge in [0.05, 0.1) is 12.3 Å². The van der Waals surface area contributed by atoms with Crippen molar-refractivity contribution in [1.29, 1.82) is 5.26 Å². The third-order valence-corrected chi connectivity index (χ3v) is 5.45. The maximum absolute atomic E-state index is 9.88. The summed E-state index contributed by atoms with van der Waals surface area (Å²) in [7, 11) is 0. The minimum atomic E-state index is 0.377. The summed E-state index contributed by atoms with van der Waals surface area (Å²) in [5, 5.41) is 11.2. The van der Waals surface area contributed by atoms with E-state index in [1.54, 1.807) is 0 Å². The van der Waals surface area contributed by atoms with Gasteiger partial charge in [0.2, 0.25) is 5.88 Å². The Hall–Kier alpha value is -2.80. The molecule has 0 N–H and O–H groups in total. The molecule has 1 aliphatic carbocycles. The molecule has 1 heterocycles. The van der Waals surface area contributed by atoms with Crippen LogP contribution in [0.1, 0.15) is 35.7 Å². The number of hydrogen-bond donors (Lipinski definition) is 0. The summed E-state index contributed by atoms with van der Waals surface area (Å²) in [5.41, 5.74) is 6.47. The number of halogens is 2. The number of aromatic nitrogens is 1. The molecule has 2 aromatic carbocycles. The highest BCUT2D eigenvalue weighted by molar-refractivity contribution is 6.30. The van der Waals surface area contributed by atoms with Gasteiger partial charge in [0.1, 0.15) is 11.6 Å². The smallest absolute Gasteiger partial charge is 0.232 e. The first-order valence-corrected chi connectivity index (χ1v) is 10.2. The molecule has 1 aromatic heterocycles. The molecule has 1 aliphatic rings. The van der Waals surface area contributed by atoms with Gasteiger partial charge in [0.15, 0.2) is 0 Å². The van der Waals surface area contributed by atoms with Crippen molar-refractivity contribution in [3.63, 3.8) is 0 Å². The lowest BCUT2D eigenvalue weighted by molar-refractivity contribution is 0.325. The second-order valence-corrected chi connectivity index (χ2v) is 7.64. The van der Waals surface area contributed by atoms with Crippen LogP contribution in [0, 0.1) is 11.3 Å². The molecule has 144 valence electrons. The van der Waals surface area contributed by atoms with E-state index in [0.717, 1.165) is 46.4 Å². The fraction of sp³-hybridized carbons (Fsp3) is 0.167. The van der Waals surface area contributed by atoms with E-state index >= 15 is 0 Å². The van der Waals surface area contributed by atoms with Crippen LogP contribution < -0.4 is 4.74 Å². The third-order valence-electron chi connectivity index (χ3n) is 4.95. The molecule has 0 bridgehead atoms. The van der Waals surface area contributed by atoms with E-state index in [-0.39, 0.29) is 0 Å². The van der Waals surface area contributed by atoms with Crippen LogP contribution in [0.15, 0.2) is 48.5 Å². The SMILES string of the molecule is CCOc1nc2c(c(-c3ccc(Cl)cc3)c1C#N)CC/C2=C\c1ccc(Cl)cc1. The predicted octanol–water partition coefficient (Wildman–Crippen LogP) is 6.81. The molecule has 29 heavy (non-hydrogen) atoms. The van der Waals surface area contributed by atoms with Crippen molar-refractivity contribution in [2.75, 3.05) is 6.61 Å². The monoisotopic (exact) mass is 420 g/mol. The maximum Gasteiger partial charge on any atom is 0.232 e. The Morgan fingerprint density at radius 3 is 2.31 bits per heavy atom. The molecule has 0 spiro atoms. The molecular weight excluding hydrogens is 403 g/mol. The lowest BCUT2D eigenvalue weighted by atomic mass is 9.95. The first-order chi connectivity index (χ1) is 14.1. The minimum Gasteiger partial charge on any atom is -0.477 e. The van der Waals surface area contributed by atoms with Gasteiger partial charge in [-0.15, -0.1) is 0 Å². The van der Waals surface area contributed by atoms with Crippen molar-refractivity contribution >= 4 is 34.9 Å². The molecule has 0 amide bonds. The molecule has 5 heteroatoms. The Morgan fingerprint density at radius 1 is 1.03 bits per heavy atom. The molecule has 0 unspecified atom stereocenters. The van der Waals surface area contributed by atoms with E-state index in [0.29, 0.717) is 28.1 Å². The lowest BCUT2D eigenvalue weighted by Crippen LogP contribution is -2.04. The van der Waals surface area contributed by atoms with Gasteiger partial charge in [-0.25, -0.2) is 4.98 Å². The predicted molar refractivity (Wildman–Crippen MR) is 118 cm³/mol. The van der Waals surface area contributed by atoms with Crippen LogP contribution in [0.2, 0.25) is 10.0 Å². The Bertz CT molecular complexity index is 1130. The van der Waals surface area contributed by atoms with E-state index in [4.69, 9.17) is 32.9 Å². The van der Waals surface area contributed by atoms with E-state index in [2.05, 4.69) is 12.1 Å². The van der Waals surface area contributed by atoms with Crippen molar-refractivity contribution in [1.82, 2.24) is 4.98 Å². The Kier molecular flexibility index (Phi) is 5.58. The summed E-state index contributed by atoms with van der Waals surface area (Å²) in [5.74, 6) is 0.377. The van der Waals surface area contributed by atoms with Crippen molar-refractivity contribution < 1.29 is 4.74 Å². The van der Waals surface area contributed by atoms with Gasteiger partial charge in [-0.3, -0.25) is 0 Å². The molecule has 3 aromatic rings. The zero-order chi connectivity index (χ0) is 20.4. The number of fused-ring (bicyclic) bond motifs is 1. The Balaban J connectivity index is 1.92. The number of rotatable bonds is 4. The van der Waals surface area contributed by atoms with Crippen LogP contribution in [-0.2, 0) is 6.42 Å². The summed E-state index contributed by atoms with van der Waals surface area (Å²) in [6, 6.07) is 17.6. The molecule has 3 nitrogen and oxygen atoms in total. The average Bonchev–Trinajstić information content (AvgIpc) is 3.12. The zero-order valence-corrected chi connectivity index (χ0v) is 17.4. The van der Waals surface area contributed by atoms with Crippen LogP contribution >= 0.6 is 23.2 Å². The van der Waals surface area contributed by atoms with Crippen LogP contribution in [0.25, 0.3) is 22.8 Å². The second kappa shape index (κ2) is 8.29. The van der Waals surface area contributed by atoms with E-state index in [1.165, 1.54) is 0 Å². The van der Waals surface area contributed by atoms with E-state index in [9.17, 15) is 5.26 Å². The number of nitrogens with zero attached hydrogens (tertiary/aromatic N) is 2. The zero-order valence-electron chi connectivity index (χ0n) is 15.9. The number of nitriles is 1. The van der Waals surface area contributed by atoms with Crippen molar-refractivity contribution in [3.8, 4) is 23.1 Å². The summed E-state index contributed by atoms with van der Waals surface area (Å²) < 4.78 is 5.75. The quantitative estimate of drug-likeness (QED) is 0.465. The average molecular weight is 421 g/mol. The summed E-state index contributed by atoms with van der Waals surface area (Å²) in [6.45, 7) is 2.33. The normalized spacial score (nSPS) is 13.9. The summed E-state index contributed by atoms with van der Waals surface area (Å²) >= 11 is 12.1. The van der Waals surface area contributed by atoms with Gasteiger partial charge in [0, 0.05) is 15.6 Å². The standard InChI is InChI=1S/C24H18Cl2N2O/c1-2-29-24-21(14-27)22(16-5-10-19(26)11-6-16)20-12-7-17(23(20)28-24)13-15-3-8-18(25)9-4-15/h3-6,8-11,13H,2,7,12H2,1H3/b17-13+. The Morgan fingerprint density at radius 2 is 1.69 bits per heavy atom. The number of pyridine rings is 1. The minimum absolute atomic E-state index is 0.377. The number of benzene rings is 2. The topological polar surface area (TPSA) is 45.9 Å². The fourth-order valence-electron chi connectivity index (χ4n) is 3.67. The number of allylic oxidation sites excluding steroid dienone is 1. The van der Waals surface area contributed by atoms with Gasteiger partial charge >= 0.3 is 0 Å². The largest absolute Gasteiger partial charge is 0.477 e. The maximum atomic E-state index is 9.88. The van der Waals surface area contributed by atoms with E-state index in [1.807, 2.05) is 55.5 Å². The van der Waals surface area contributed by atoms with Gasteiger partial charge < -0.3 is 4.74 Å². The summed E-state index contributed by atoms with van der Waals surface area (Å²) in [4.78, 5) is 4.75. The van der Waals surface area contributed by atoms with Gasteiger partial charge in [-0.1, -0.05) is 47.5 Å². The molecule has 4 rings (SSSR count). The van der Waals surface area contributed by atoms with E-state index < -0.39 is 0 Å². The van der Waals surface area contributed by atoms with Gasteiger partial charge in [-0.2, -0.15) is 5.26 Å². The first-order valence-electron chi connectivity index (χ1n) is 9.43. The molecule has 0 fully saturated rings. The van der Waals surface area contributed by atoms with Crippen molar-refractivity contribution in [2.45, 2.75) is 19.8 Å². The number of hydrogen-bond acceptors (Lipinski definition) is 3. The number of ether oxygens (including phenoxy) is 1. The molecule has 0 atom stereocenters. The van der Waals surface area contributed by atoms with Crippen LogP contribution in [-0.4, -0.2) is 11.6 Å². The highest BCUT2D eigenvalue weighted by Gasteiger charge is 2.27.